The van der Waals surface area contributed by atoms with Crippen molar-refractivity contribution < 1.29 is 9.53 Å². The molecule has 0 bridgehead atoms. The molecule has 1 amide bonds. The fraction of sp³-hybridized carbons (Fsp3) is 0.684. The highest BCUT2D eigenvalue weighted by molar-refractivity contribution is 5.68. The average molecular weight is 333 g/mol. The standard InChI is InChI=1S/C19H31N3O2/c1-15(21-18(23)24-19(2,3)4)16-8-7-12-22(14-16)13-10-17-9-5-6-11-20-17/h5-6,9,11,15-16H,7-8,10,12-14H2,1-4H3,(H,21,23)/t15-,16+/m0/s1. The van der Waals surface area contributed by atoms with Gasteiger partial charge in [0.05, 0.1) is 0 Å². The van der Waals surface area contributed by atoms with Crippen molar-refractivity contribution in [2.24, 2.45) is 5.92 Å². The number of pyridine rings is 1. The lowest BCUT2D eigenvalue weighted by atomic mass is 9.91. The van der Waals surface area contributed by atoms with Crippen LogP contribution in [0.2, 0.25) is 0 Å². The fourth-order valence-corrected chi connectivity index (χ4v) is 3.13. The van der Waals surface area contributed by atoms with Crippen LogP contribution in [-0.2, 0) is 11.2 Å². The van der Waals surface area contributed by atoms with Crippen molar-refractivity contribution in [3.63, 3.8) is 0 Å². The van der Waals surface area contributed by atoms with Crippen molar-refractivity contribution in [2.45, 2.75) is 58.6 Å². The van der Waals surface area contributed by atoms with Crippen molar-refractivity contribution in [1.82, 2.24) is 15.2 Å². The lowest BCUT2D eigenvalue weighted by Crippen LogP contribution is -2.47. The summed E-state index contributed by atoms with van der Waals surface area (Å²) in [5.74, 6) is 0.468. The van der Waals surface area contributed by atoms with Gasteiger partial charge in [0.25, 0.3) is 0 Å². The molecule has 1 saturated heterocycles. The molecule has 1 aliphatic heterocycles. The number of hydrogen-bond acceptors (Lipinski definition) is 4. The molecule has 1 aliphatic rings. The Kier molecular flexibility index (Phi) is 6.60. The van der Waals surface area contributed by atoms with Gasteiger partial charge in [0.1, 0.15) is 5.60 Å². The van der Waals surface area contributed by atoms with Gasteiger partial charge in [-0.05, 0) is 65.1 Å². The lowest BCUT2D eigenvalue weighted by Gasteiger charge is -2.36. The number of likely N-dealkylation sites (tertiary alicyclic amines) is 1. The molecule has 1 fully saturated rings. The Labute approximate surface area is 145 Å². The van der Waals surface area contributed by atoms with Crippen LogP contribution in [0.4, 0.5) is 4.79 Å². The summed E-state index contributed by atoms with van der Waals surface area (Å²) in [4.78, 5) is 18.8. The van der Waals surface area contributed by atoms with E-state index < -0.39 is 5.60 Å². The van der Waals surface area contributed by atoms with E-state index >= 15 is 0 Å². The topological polar surface area (TPSA) is 54.5 Å². The maximum atomic E-state index is 11.9. The van der Waals surface area contributed by atoms with Crippen molar-refractivity contribution >= 4 is 6.09 Å². The van der Waals surface area contributed by atoms with Gasteiger partial charge in [-0.15, -0.1) is 0 Å². The molecule has 0 aliphatic carbocycles. The van der Waals surface area contributed by atoms with E-state index in [1.807, 2.05) is 39.1 Å². The van der Waals surface area contributed by atoms with Gasteiger partial charge in [-0.25, -0.2) is 4.79 Å². The molecular weight excluding hydrogens is 302 g/mol. The zero-order chi connectivity index (χ0) is 17.6. The van der Waals surface area contributed by atoms with Crippen molar-refractivity contribution in [2.75, 3.05) is 19.6 Å². The molecule has 1 aromatic heterocycles. The maximum Gasteiger partial charge on any atom is 0.407 e. The SMILES string of the molecule is C[C@H](NC(=O)OC(C)(C)C)[C@@H]1CCCN(CCc2ccccn2)C1. The number of rotatable bonds is 5. The fourth-order valence-electron chi connectivity index (χ4n) is 3.13. The van der Waals surface area contributed by atoms with Crippen LogP contribution in [0.5, 0.6) is 0 Å². The van der Waals surface area contributed by atoms with Crippen LogP contribution in [0.3, 0.4) is 0 Å². The van der Waals surface area contributed by atoms with E-state index in [0.717, 1.165) is 38.2 Å². The van der Waals surface area contributed by atoms with Gasteiger partial charge in [0, 0.05) is 37.4 Å². The highest BCUT2D eigenvalue weighted by Gasteiger charge is 2.27. The van der Waals surface area contributed by atoms with Gasteiger partial charge in [0.15, 0.2) is 0 Å². The number of hydrogen-bond donors (Lipinski definition) is 1. The third kappa shape index (κ3) is 6.48. The molecule has 0 saturated carbocycles. The Balaban J connectivity index is 1.78. The second-order valence-electron chi connectivity index (χ2n) is 7.71. The summed E-state index contributed by atoms with van der Waals surface area (Å²) in [7, 11) is 0. The van der Waals surface area contributed by atoms with Crippen molar-refractivity contribution in [3.05, 3.63) is 30.1 Å². The van der Waals surface area contributed by atoms with Crippen LogP contribution < -0.4 is 5.32 Å². The first-order chi connectivity index (χ1) is 11.3. The first-order valence-corrected chi connectivity index (χ1v) is 8.95. The van der Waals surface area contributed by atoms with E-state index in [1.165, 1.54) is 6.42 Å². The zero-order valence-electron chi connectivity index (χ0n) is 15.4. The van der Waals surface area contributed by atoms with Gasteiger partial charge in [-0.2, -0.15) is 0 Å². The average Bonchev–Trinajstić information content (AvgIpc) is 2.52. The third-order valence-corrected chi connectivity index (χ3v) is 4.40. The number of nitrogens with zero attached hydrogens (tertiary/aromatic N) is 2. The Morgan fingerprint density at radius 3 is 2.92 bits per heavy atom. The summed E-state index contributed by atoms with van der Waals surface area (Å²) in [5.41, 5.74) is 0.685. The largest absolute Gasteiger partial charge is 0.444 e. The predicted molar refractivity (Wildman–Crippen MR) is 95.9 cm³/mol. The van der Waals surface area contributed by atoms with Gasteiger partial charge < -0.3 is 15.0 Å². The minimum atomic E-state index is -0.453. The molecule has 2 rings (SSSR count). The number of carbonyl (C=O) groups is 1. The van der Waals surface area contributed by atoms with E-state index in [1.54, 1.807) is 0 Å². The van der Waals surface area contributed by atoms with Crippen molar-refractivity contribution in [1.29, 1.82) is 0 Å². The van der Waals surface area contributed by atoms with Crippen LogP contribution in [0.15, 0.2) is 24.4 Å². The monoisotopic (exact) mass is 333 g/mol. The number of piperidine rings is 1. The highest BCUT2D eigenvalue weighted by atomic mass is 16.6. The second-order valence-corrected chi connectivity index (χ2v) is 7.71. The van der Waals surface area contributed by atoms with E-state index in [4.69, 9.17) is 4.74 Å². The van der Waals surface area contributed by atoms with E-state index in [-0.39, 0.29) is 12.1 Å². The molecule has 24 heavy (non-hydrogen) atoms. The summed E-state index contributed by atoms with van der Waals surface area (Å²) in [6.07, 6.45) is 4.83. The van der Waals surface area contributed by atoms with Crippen LogP contribution in [0, 0.1) is 5.92 Å². The quantitative estimate of drug-likeness (QED) is 0.899. The Morgan fingerprint density at radius 2 is 2.25 bits per heavy atom. The Hall–Kier alpha value is -1.62. The first kappa shape index (κ1) is 18.7. The minimum absolute atomic E-state index is 0.123. The predicted octanol–water partition coefficient (Wildman–Crippen LogP) is 3.25. The first-order valence-electron chi connectivity index (χ1n) is 8.95. The number of alkyl carbamates (subject to hydrolysis) is 1. The lowest BCUT2D eigenvalue weighted by molar-refractivity contribution is 0.0468. The summed E-state index contributed by atoms with van der Waals surface area (Å²) < 4.78 is 5.36. The molecule has 5 heteroatoms. The number of amides is 1. The maximum absolute atomic E-state index is 11.9. The molecular formula is C19H31N3O2. The molecule has 0 aromatic carbocycles. The van der Waals surface area contributed by atoms with Crippen LogP contribution in [0.1, 0.15) is 46.2 Å². The molecule has 134 valence electrons. The second kappa shape index (κ2) is 8.47. The molecule has 1 aromatic rings. The molecule has 0 spiro atoms. The van der Waals surface area contributed by atoms with Gasteiger partial charge in [0.2, 0.25) is 0 Å². The normalized spacial score (nSPS) is 20.4. The van der Waals surface area contributed by atoms with Crippen LogP contribution >= 0.6 is 0 Å². The molecule has 0 unspecified atom stereocenters. The zero-order valence-corrected chi connectivity index (χ0v) is 15.4. The smallest absolute Gasteiger partial charge is 0.407 e. The minimum Gasteiger partial charge on any atom is -0.444 e. The number of ether oxygens (including phenoxy) is 1. The van der Waals surface area contributed by atoms with Gasteiger partial charge in [-0.1, -0.05) is 6.07 Å². The van der Waals surface area contributed by atoms with Crippen molar-refractivity contribution in [3.8, 4) is 0 Å². The van der Waals surface area contributed by atoms with E-state index in [9.17, 15) is 4.79 Å². The molecule has 1 N–H and O–H groups in total. The number of aromatic nitrogens is 1. The summed E-state index contributed by atoms with van der Waals surface area (Å²) in [6, 6.07) is 6.18. The number of nitrogens with one attached hydrogen (secondary N) is 1. The third-order valence-electron chi connectivity index (χ3n) is 4.40. The molecule has 5 nitrogen and oxygen atoms in total. The van der Waals surface area contributed by atoms with E-state index in [0.29, 0.717) is 5.92 Å². The van der Waals surface area contributed by atoms with E-state index in [2.05, 4.69) is 28.2 Å². The Bertz CT molecular complexity index is 513. The van der Waals surface area contributed by atoms with Gasteiger partial charge >= 0.3 is 6.09 Å². The van der Waals surface area contributed by atoms with Crippen LogP contribution in [-0.4, -0.2) is 47.3 Å². The van der Waals surface area contributed by atoms with Crippen LogP contribution in [0.25, 0.3) is 0 Å². The summed E-state index contributed by atoms with van der Waals surface area (Å²) in [5, 5.41) is 3.00. The highest BCUT2D eigenvalue weighted by Crippen LogP contribution is 2.20. The molecule has 2 atom stereocenters. The summed E-state index contributed by atoms with van der Waals surface area (Å²) in [6.45, 7) is 10.9. The Morgan fingerprint density at radius 1 is 1.46 bits per heavy atom. The molecule has 2 heterocycles. The summed E-state index contributed by atoms with van der Waals surface area (Å²) >= 11 is 0. The van der Waals surface area contributed by atoms with Gasteiger partial charge in [-0.3, -0.25) is 4.98 Å². The number of carbonyl (C=O) groups excluding carboxylic acids is 1. The molecule has 0 radical (unpaired) electrons.